The quantitative estimate of drug-likeness (QED) is 0.694. The Kier molecular flexibility index (Phi) is 7.26. The number of aryl methyl sites for hydroxylation is 2. The van der Waals surface area contributed by atoms with E-state index in [0.717, 1.165) is 38.0 Å². The first-order chi connectivity index (χ1) is 14.4. The summed E-state index contributed by atoms with van der Waals surface area (Å²) in [5, 5.41) is 12.5. The predicted octanol–water partition coefficient (Wildman–Crippen LogP) is 3.22. The number of nitrogens with one attached hydrogen (secondary N) is 1. The van der Waals surface area contributed by atoms with Crippen LogP contribution in [0.2, 0.25) is 0 Å². The second-order valence-electron chi connectivity index (χ2n) is 8.05. The van der Waals surface area contributed by atoms with Gasteiger partial charge in [-0.25, -0.2) is 9.18 Å². The molecule has 0 atom stereocenters. The molecule has 2 aromatic rings. The first-order valence-corrected chi connectivity index (χ1v) is 10.5. The van der Waals surface area contributed by atoms with E-state index in [1.807, 2.05) is 23.6 Å². The van der Waals surface area contributed by atoms with Gasteiger partial charge in [-0.15, -0.1) is 0 Å². The fourth-order valence-corrected chi connectivity index (χ4v) is 4.18. The number of amides is 1. The van der Waals surface area contributed by atoms with Crippen LogP contribution in [0.15, 0.2) is 30.5 Å². The second-order valence-corrected chi connectivity index (χ2v) is 8.05. The normalized spacial score (nSPS) is 15.3. The molecule has 0 bridgehead atoms. The van der Waals surface area contributed by atoms with E-state index in [9.17, 15) is 19.1 Å². The number of aromatic carboxylic acids is 1. The van der Waals surface area contributed by atoms with Gasteiger partial charge in [-0.3, -0.25) is 9.69 Å². The van der Waals surface area contributed by atoms with Crippen molar-refractivity contribution in [3.05, 3.63) is 58.7 Å². The Morgan fingerprint density at radius 1 is 1.20 bits per heavy atom. The minimum atomic E-state index is -0.990. The van der Waals surface area contributed by atoms with E-state index in [-0.39, 0.29) is 23.7 Å². The molecule has 6 nitrogen and oxygen atoms in total. The molecule has 0 unspecified atom stereocenters. The minimum absolute atomic E-state index is 0.0761. The third kappa shape index (κ3) is 5.48. The van der Waals surface area contributed by atoms with Gasteiger partial charge in [-0.1, -0.05) is 12.1 Å². The van der Waals surface area contributed by atoms with Crippen molar-refractivity contribution >= 4 is 11.9 Å². The summed E-state index contributed by atoms with van der Waals surface area (Å²) >= 11 is 0. The van der Waals surface area contributed by atoms with E-state index in [4.69, 9.17) is 0 Å². The molecule has 1 aliphatic heterocycles. The summed E-state index contributed by atoms with van der Waals surface area (Å²) in [5.41, 5.74) is 2.59. The van der Waals surface area contributed by atoms with Crippen LogP contribution in [-0.4, -0.2) is 46.1 Å². The monoisotopic (exact) mass is 415 g/mol. The smallest absolute Gasteiger partial charge is 0.337 e. The Morgan fingerprint density at radius 2 is 1.87 bits per heavy atom. The fraction of sp³-hybridized carbons (Fsp3) is 0.478. The summed E-state index contributed by atoms with van der Waals surface area (Å²) < 4.78 is 14.9. The largest absolute Gasteiger partial charge is 0.478 e. The highest BCUT2D eigenvalue weighted by Gasteiger charge is 2.23. The van der Waals surface area contributed by atoms with Crippen molar-refractivity contribution in [1.82, 2.24) is 14.8 Å². The molecule has 0 aliphatic carbocycles. The van der Waals surface area contributed by atoms with Crippen LogP contribution in [0.3, 0.4) is 0 Å². The molecule has 1 aromatic heterocycles. The molecule has 1 amide bonds. The molecule has 0 spiro atoms. The van der Waals surface area contributed by atoms with E-state index >= 15 is 0 Å². The molecule has 3 rings (SSSR count). The number of likely N-dealkylation sites (tertiary alicyclic amines) is 1. The maximum Gasteiger partial charge on any atom is 0.337 e. The molecule has 30 heavy (non-hydrogen) atoms. The number of hydrogen-bond acceptors (Lipinski definition) is 3. The lowest BCUT2D eigenvalue weighted by molar-refractivity contribution is -0.120. The molecule has 1 saturated heterocycles. The molecule has 0 saturated carbocycles. The number of carbonyl (C=O) groups excluding carboxylic acids is 1. The van der Waals surface area contributed by atoms with Gasteiger partial charge in [0.25, 0.3) is 0 Å². The average Bonchev–Trinajstić information content (AvgIpc) is 3.04. The van der Waals surface area contributed by atoms with Crippen molar-refractivity contribution in [3.8, 4) is 0 Å². The Labute approximate surface area is 176 Å². The summed E-state index contributed by atoms with van der Waals surface area (Å²) in [6, 6.07) is 6.62. The molecule has 0 radical (unpaired) electrons. The highest BCUT2D eigenvalue weighted by Crippen LogP contribution is 2.20. The van der Waals surface area contributed by atoms with Crippen LogP contribution < -0.4 is 5.32 Å². The van der Waals surface area contributed by atoms with E-state index < -0.39 is 5.97 Å². The van der Waals surface area contributed by atoms with Crippen LogP contribution in [0.1, 0.15) is 46.9 Å². The Balaban J connectivity index is 1.46. The average molecular weight is 416 g/mol. The highest BCUT2D eigenvalue weighted by atomic mass is 19.1. The van der Waals surface area contributed by atoms with Crippen LogP contribution >= 0.6 is 0 Å². The number of piperidine rings is 1. The van der Waals surface area contributed by atoms with Gasteiger partial charge in [0.1, 0.15) is 5.82 Å². The van der Waals surface area contributed by atoms with E-state index in [2.05, 4.69) is 10.2 Å². The predicted molar refractivity (Wildman–Crippen MR) is 113 cm³/mol. The Morgan fingerprint density at radius 3 is 2.47 bits per heavy atom. The summed E-state index contributed by atoms with van der Waals surface area (Å²) in [4.78, 5) is 26.4. The third-order valence-corrected chi connectivity index (χ3v) is 5.88. The zero-order valence-electron chi connectivity index (χ0n) is 17.7. The number of hydrogen-bond donors (Lipinski definition) is 2. The Bertz CT molecular complexity index is 884. The van der Waals surface area contributed by atoms with Gasteiger partial charge >= 0.3 is 5.97 Å². The van der Waals surface area contributed by atoms with Crippen LogP contribution in [-0.2, 0) is 24.3 Å². The maximum absolute atomic E-state index is 13.0. The van der Waals surface area contributed by atoms with Crippen LogP contribution in [0, 0.1) is 18.7 Å². The van der Waals surface area contributed by atoms with Crippen LogP contribution in [0.4, 0.5) is 4.39 Å². The Hall–Kier alpha value is -2.67. The summed E-state index contributed by atoms with van der Waals surface area (Å²) in [5.74, 6) is -0.933. The first kappa shape index (κ1) is 22.0. The second kappa shape index (κ2) is 9.89. The topological polar surface area (TPSA) is 74.6 Å². The lowest BCUT2D eigenvalue weighted by Crippen LogP contribution is -2.38. The number of rotatable bonds is 8. The molecular weight excluding hydrogens is 385 g/mol. The van der Waals surface area contributed by atoms with Gasteiger partial charge in [0.2, 0.25) is 5.91 Å². The number of halogens is 1. The molecule has 1 fully saturated rings. The van der Waals surface area contributed by atoms with Crippen LogP contribution in [0.25, 0.3) is 0 Å². The highest BCUT2D eigenvalue weighted by molar-refractivity contribution is 5.93. The molecule has 1 aliphatic rings. The SMILES string of the molecule is CCn1cc(C)c(C(=O)O)c1CC(=O)NCC1CCN(Cc2ccc(F)cc2)CC1. The summed E-state index contributed by atoms with van der Waals surface area (Å²) in [7, 11) is 0. The molecule has 162 valence electrons. The van der Waals surface area contributed by atoms with Crippen molar-refractivity contribution < 1.29 is 19.1 Å². The number of carbonyl (C=O) groups is 2. The minimum Gasteiger partial charge on any atom is -0.478 e. The zero-order chi connectivity index (χ0) is 21.7. The van der Waals surface area contributed by atoms with Gasteiger partial charge in [0, 0.05) is 31.5 Å². The van der Waals surface area contributed by atoms with Crippen molar-refractivity contribution in [2.75, 3.05) is 19.6 Å². The van der Waals surface area contributed by atoms with E-state index in [1.165, 1.54) is 12.1 Å². The fourth-order valence-electron chi connectivity index (χ4n) is 4.18. The van der Waals surface area contributed by atoms with E-state index in [0.29, 0.717) is 30.3 Å². The molecule has 7 heteroatoms. The lowest BCUT2D eigenvalue weighted by atomic mass is 9.96. The summed E-state index contributed by atoms with van der Waals surface area (Å²) in [6.45, 7) is 7.63. The van der Waals surface area contributed by atoms with Crippen molar-refractivity contribution in [1.29, 1.82) is 0 Å². The van der Waals surface area contributed by atoms with Gasteiger partial charge in [-0.2, -0.15) is 0 Å². The van der Waals surface area contributed by atoms with Crippen molar-refractivity contribution in [2.24, 2.45) is 5.92 Å². The van der Waals surface area contributed by atoms with Gasteiger partial charge in [0.05, 0.1) is 12.0 Å². The molecular formula is C23H30FN3O3. The number of nitrogens with zero attached hydrogens (tertiary/aromatic N) is 2. The zero-order valence-corrected chi connectivity index (χ0v) is 17.7. The van der Waals surface area contributed by atoms with Crippen molar-refractivity contribution in [3.63, 3.8) is 0 Å². The third-order valence-electron chi connectivity index (χ3n) is 5.88. The van der Waals surface area contributed by atoms with Crippen molar-refractivity contribution in [2.45, 2.75) is 46.2 Å². The van der Waals surface area contributed by atoms with E-state index in [1.54, 1.807) is 13.1 Å². The molecule has 1 aromatic carbocycles. The van der Waals surface area contributed by atoms with Gasteiger partial charge < -0.3 is 15.0 Å². The van der Waals surface area contributed by atoms with Crippen LogP contribution in [0.5, 0.6) is 0 Å². The lowest BCUT2D eigenvalue weighted by Gasteiger charge is -2.32. The summed E-state index contributed by atoms with van der Waals surface area (Å²) in [6.07, 6.45) is 3.86. The van der Waals surface area contributed by atoms with Gasteiger partial charge in [0.15, 0.2) is 0 Å². The molecule has 2 heterocycles. The number of benzene rings is 1. The number of carboxylic acids is 1. The number of aromatic nitrogens is 1. The van der Waals surface area contributed by atoms with Gasteiger partial charge in [-0.05, 0) is 69.0 Å². The first-order valence-electron chi connectivity index (χ1n) is 10.5. The maximum atomic E-state index is 13.0. The molecule has 2 N–H and O–H groups in total. The standard InChI is InChI=1S/C23H30FN3O3/c1-3-27-14-16(2)22(23(29)30)20(27)12-21(28)25-13-17-8-10-26(11-9-17)15-18-4-6-19(24)7-5-18/h4-7,14,17H,3,8-13,15H2,1-2H3,(H,25,28)(H,29,30). The number of carboxylic acid groups (broad SMARTS) is 1.